The van der Waals surface area contributed by atoms with E-state index < -0.39 is 0 Å². The van der Waals surface area contributed by atoms with E-state index >= 15 is 0 Å². The van der Waals surface area contributed by atoms with Gasteiger partial charge in [-0.15, -0.1) is 0 Å². The molecule has 0 bridgehead atoms. The first-order valence-electron chi connectivity index (χ1n) is 5.28. The molecule has 0 aromatic heterocycles. The molecule has 0 amide bonds. The molecule has 86 valence electrons. The van der Waals surface area contributed by atoms with E-state index in [1.165, 1.54) is 12.2 Å². The van der Waals surface area contributed by atoms with Crippen LogP contribution in [-0.4, -0.2) is 48.6 Å². The number of ether oxygens (including phenoxy) is 1. The second-order valence-corrected chi connectivity index (χ2v) is 4.91. The number of rotatable bonds is 5. The van der Waals surface area contributed by atoms with E-state index in [1.54, 1.807) is 0 Å². The molecule has 0 aromatic rings. The molecule has 1 unspecified atom stereocenters. The van der Waals surface area contributed by atoms with Crippen LogP contribution in [0.1, 0.15) is 13.3 Å². The summed E-state index contributed by atoms with van der Waals surface area (Å²) in [6.07, 6.45) is 1.21. The van der Waals surface area contributed by atoms with Crippen LogP contribution in [0.4, 0.5) is 0 Å². The molecule has 15 heavy (non-hydrogen) atoms. The molecule has 4 heteroatoms. The van der Waals surface area contributed by atoms with Crippen molar-refractivity contribution >= 4 is 17.7 Å². The second-order valence-electron chi connectivity index (χ2n) is 3.76. The van der Waals surface area contributed by atoms with Gasteiger partial charge in [0.15, 0.2) is 0 Å². The number of nitrogens with zero attached hydrogens (tertiary/aromatic N) is 1. The Hall–Kier alpha value is -0.480. The quantitative estimate of drug-likeness (QED) is 0.528. The van der Waals surface area contributed by atoms with Crippen LogP contribution in [0, 0.1) is 0 Å². The van der Waals surface area contributed by atoms with Crippen LogP contribution < -0.4 is 0 Å². The Balaban J connectivity index is 2.33. The predicted molar refractivity (Wildman–Crippen MR) is 64.1 cm³/mol. The van der Waals surface area contributed by atoms with Crippen LogP contribution in [0.5, 0.6) is 0 Å². The van der Waals surface area contributed by atoms with Gasteiger partial charge < -0.3 is 4.74 Å². The van der Waals surface area contributed by atoms with Crippen molar-refractivity contribution in [1.82, 2.24) is 4.90 Å². The summed E-state index contributed by atoms with van der Waals surface area (Å²) in [5.74, 6) is 2.11. The van der Waals surface area contributed by atoms with Crippen molar-refractivity contribution in [3.05, 3.63) is 12.2 Å². The van der Waals surface area contributed by atoms with Gasteiger partial charge in [0, 0.05) is 23.9 Å². The van der Waals surface area contributed by atoms with Crippen molar-refractivity contribution in [2.45, 2.75) is 19.4 Å². The fourth-order valence-electron chi connectivity index (χ4n) is 1.60. The van der Waals surface area contributed by atoms with Gasteiger partial charge in [0.25, 0.3) is 0 Å². The lowest BCUT2D eigenvalue weighted by Gasteiger charge is -2.23. The Labute approximate surface area is 95.9 Å². The van der Waals surface area contributed by atoms with Crippen LogP contribution in [0.2, 0.25) is 0 Å². The Morgan fingerprint density at radius 2 is 2.40 bits per heavy atom. The predicted octanol–water partition coefficient (Wildman–Crippen LogP) is 1.54. The molecule has 1 saturated heterocycles. The van der Waals surface area contributed by atoms with Gasteiger partial charge in [0.1, 0.15) is 0 Å². The maximum atomic E-state index is 11.3. The van der Waals surface area contributed by atoms with Gasteiger partial charge in [-0.1, -0.05) is 6.58 Å². The zero-order chi connectivity index (χ0) is 11.3. The highest BCUT2D eigenvalue weighted by Gasteiger charge is 2.21. The van der Waals surface area contributed by atoms with Gasteiger partial charge in [-0.2, -0.15) is 11.8 Å². The highest BCUT2D eigenvalue weighted by molar-refractivity contribution is 7.99. The molecule has 0 saturated carbocycles. The average molecular weight is 229 g/mol. The topological polar surface area (TPSA) is 29.5 Å². The highest BCUT2D eigenvalue weighted by atomic mass is 32.2. The van der Waals surface area contributed by atoms with E-state index in [2.05, 4.69) is 11.5 Å². The maximum absolute atomic E-state index is 11.3. The number of hydrogen-bond acceptors (Lipinski definition) is 4. The summed E-state index contributed by atoms with van der Waals surface area (Å²) in [6.45, 7) is 6.60. The molecule has 0 aromatic carbocycles. The van der Waals surface area contributed by atoms with Crippen molar-refractivity contribution in [2.24, 2.45) is 0 Å². The van der Waals surface area contributed by atoms with Crippen molar-refractivity contribution in [3.8, 4) is 0 Å². The van der Waals surface area contributed by atoms with Crippen LogP contribution in [0.25, 0.3) is 0 Å². The van der Waals surface area contributed by atoms with Gasteiger partial charge in [-0.25, -0.2) is 4.79 Å². The first-order chi connectivity index (χ1) is 7.15. The third-order valence-electron chi connectivity index (χ3n) is 2.53. The normalized spacial score (nSPS) is 20.6. The first-order valence-corrected chi connectivity index (χ1v) is 6.43. The van der Waals surface area contributed by atoms with E-state index in [0.717, 1.165) is 5.75 Å². The number of thioether (sulfide) groups is 1. The molecular weight excluding hydrogens is 210 g/mol. The maximum Gasteiger partial charge on any atom is 0.334 e. The first kappa shape index (κ1) is 12.6. The smallest absolute Gasteiger partial charge is 0.334 e. The number of likely N-dealkylation sites (N-methyl/N-ethyl adjacent to an activating group) is 1. The molecule has 0 N–H and O–H groups in total. The Morgan fingerprint density at radius 3 is 2.93 bits per heavy atom. The summed E-state index contributed by atoms with van der Waals surface area (Å²) >= 11 is 1.97. The van der Waals surface area contributed by atoms with Crippen molar-refractivity contribution in [3.63, 3.8) is 0 Å². The number of carbonyl (C=O) groups excluding carboxylic acids is 1. The number of hydrogen-bond donors (Lipinski definition) is 0. The molecule has 1 rings (SSSR count). The van der Waals surface area contributed by atoms with Crippen molar-refractivity contribution < 1.29 is 9.53 Å². The fourth-order valence-corrected chi connectivity index (χ4v) is 2.90. The van der Waals surface area contributed by atoms with Crippen LogP contribution >= 0.6 is 11.8 Å². The lowest BCUT2D eigenvalue weighted by molar-refractivity contribution is -0.138. The zero-order valence-electron chi connectivity index (χ0n) is 9.49. The Bertz CT molecular complexity index is 237. The molecule has 1 heterocycles. The van der Waals surface area contributed by atoms with Crippen LogP contribution in [0.15, 0.2) is 12.2 Å². The molecule has 1 atom stereocenters. The van der Waals surface area contributed by atoms with E-state index in [9.17, 15) is 4.79 Å². The van der Waals surface area contributed by atoms with Gasteiger partial charge in [0.2, 0.25) is 0 Å². The largest absolute Gasteiger partial charge is 0.463 e. The minimum Gasteiger partial charge on any atom is -0.463 e. The van der Waals surface area contributed by atoms with Gasteiger partial charge in [-0.05, 0) is 26.1 Å². The molecule has 3 nitrogen and oxygen atoms in total. The van der Waals surface area contributed by atoms with Crippen molar-refractivity contribution in [2.75, 3.05) is 31.7 Å². The van der Waals surface area contributed by atoms with Gasteiger partial charge >= 0.3 is 5.97 Å². The number of esters is 1. The third kappa shape index (κ3) is 3.87. The van der Waals surface area contributed by atoms with E-state index in [-0.39, 0.29) is 5.97 Å². The summed E-state index contributed by atoms with van der Waals surface area (Å²) < 4.78 is 4.90. The van der Waals surface area contributed by atoms with Gasteiger partial charge in [0.05, 0.1) is 6.61 Å². The monoisotopic (exact) mass is 229 g/mol. The lowest BCUT2D eigenvalue weighted by atomic mass is 10.2. The molecule has 1 aliphatic rings. The summed E-state index contributed by atoms with van der Waals surface area (Å²) in [7, 11) is 2.04. The Kier molecular flexibility index (Phi) is 5.19. The molecule has 1 fully saturated rings. The zero-order valence-corrected chi connectivity index (χ0v) is 10.3. The summed E-state index contributed by atoms with van der Waals surface area (Å²) in [5, 5.41) is 0. The molecular formula is C11H19NO2S. The second kappa shape index (κ2) is 6.18. The molecule has 0 spiro atoms. The minimum atomic E-state index is -0.269. The van der Waals surface area contributed by atoms with E-state index in [1.807, 2.05) is 25.7 Å². The lowest BCUT2D eigenvalue weighted by Crippen LogP contribution is -2.34. The minimum absolute atomic E-state index is 0.269. The van der Waals surface area contributed by atoms with E-state index in [4.69, 9.17) is 4.74 Å². The molecule has 0 radical (unpaired) electrons. The van der Waals surface area contributed by atoms with E-state index in [0.29, 0.717) is 24.8 Å². The number of carbonyl (C=O) groups is 1. The highest BCUT2D eigenvalue weighted by Crippen LogP contribution is 2.21. The molecule has 1 aliphatic heterocycles. The summed E-state index contributed by atoms with van der Waals surface area (Å²) in [4.78, 5) is 13.5. The summed E-state index contributed by atoms with van der Waals surface area (Å²) in [6, 6.07) is 0.584. The SMILES string of the molecule is C=C(CN(C)C1CCSC1)C(=O)OCC. The van der Waals surface area contributed by atoms with Crippen LogP contribution in [0.3, 0.4) is 0 Å². The molecule has 0 aliphatic carbocycles. The van der Waals surface area contributed by atoms with Gasteiger partial charge in [-0.3, -0.25) is 4.90 Å². The fraction of sp³-hybridized carbons (Fsp3) is 0.727. The Morgan fingerprint density at radius 1 is 1.67 bits per heavy atom. The van der Waals surface area contributed by atoms with Crippen LogP contribution in [-0.2, 0) is 9.53 Å². The average Bonchev–Trinajstić information content (AvgIpc) is 2.70. The van der Waals surface area contributed by atoms with Crippen molar-refractivity contribution in [1.29, 1.82) is 0 Å². The summed E-state index contributed by atoms with van der Waals surface area (Å²) in [5.41, 5.74) is 0.552. The standard InChI is InChI=1S/C11H19NO2S/c1-4-14-11(13)9(2)7-12(3)10-5-6-15-8-10/h10H,2,4-8H2,1,3H3. The third-order valence-corrected chi connectivity index (χ3v) is 3.68.